The first-order chi connectivity index (χ1) is 8.61. The number of nitrogens with zero attached hydrogens (tertiary/aromatic N) is 2. The number of amidine groups is 1. The van der Waals surface area contributed by atoms with E-state index in [1.54, 1.807) is 0 Å². The smallest absolute Gasteiger partial charge is 0.170 e. The van der Waals surface area contributed by atoms with Gasteiger partial charge in [-0.25, -0.2) is 0 Å². The summed E-state index contributed by atoms with van der Waals surface area (Å²) in [5.41, 5.74) is 7.53. The van der Waals surface area contributed by atoms with E-state index >= 15 is 0 Å². The lowest BCUT2D eigenvalue weighted by Crippen LogP contribution is -2.30. The Morgan fingerprint density at radius 3 is 2.56 bits per heavy atom. The Morgan fingerprint density at radius 2 is 2.06 bits per heavy atom. The molecule has 0 amide bonds. The lowest BCUT2D eigenvalue weighted by Gasteiger charge is -2.24. The minimum absolute atomic E-state index is 0.154. The van der Waals surface area contributed by atoms with Crippen molar-refractivity contribution in [2.75, 3.05) is 7.05 Å². The normalized spacial score (nSPS) is 18.1. The van der Waals surface area contributed by atoms with Crippen LogP contribution in [0.2, 0.25) is 0 Å². The van der Waals surface area contributed by atoms with Gasteiger partial charge in [-0.1, -0.05) is 29.4 Å². The van der Waals surface area contributed by atoms with E-state index in [4.69, 9.17) is 10.9 Å². The van der Waals surface area contributed by atoms with Crippen LogP contribution in [0.4, 0.5) is 0 Å². The highest BCUT2D eigenvalue weighted by Gasteiger charge is 2.30. The molecule has 2 rings (SSSR count). The van der Waals surface area contributed by atoms with Gasteiger partial charge in [-0.3, -0.25) is 4.90 Å². The van der Waals surface area contributed by atoms with Gasteiger partial charge < -0.3 is 10.9 Å². The molecular formula is C14H21N3O. The van der Waals surface area contributed by atoms with Gasteiger partial charge in [0.05, 0.1) is 0 Å². The molecule has 0 heterocycles. The highest BCUT2D eigenvalue weighted by molar-refractivity contribution is 5.96. The first kappa shape index (κ1) is 12.9. The van der Waals surface area contributed by atoms with Gasteiger partial charge in [0.1, 0.15) is 0 Å². The Labute approximate surface area is 108 Å². The van der Waals surface area contributed by atoms with Crippen molar-refractivity contribution in [2.45, 2.75) is 32.4 Å². The van der Waals surface area contributed by atoms with Crippen LogP contribution in [0.1, 0.15) is 30.9 Å². The fourth-order valence-corrected chi connectivity index (χ4v) is 2.21. The summed E-state index contributed by atoms with van der Waals surface area (Å²) in [6.45, 7) is 3.23. The van der Waals surface area contributed by atoms with E-state index in [1.807, 2.05) is 24.3 Å². The summed E-state index contributed by atoms with van der Waals surface area (Å²) in [5.74, 6) is 1.03. The lowest BCUT2D eigenvalue weighted by molar-refractivity contribution is 0.226. The van der Waals surface area contributed by atoms with Gasteiger partial charge in [0.15, 0.2) is 5.84 Å². The van der Waals surface area contributed by atoms with Gasteiger partial charge in [0.2, 0.25) is 0 Å². The Balaban J connectivity index is 1.97. The average molecular weight is 247 g/mol. The molecule has 1 aromatic rings. The summed E-state index contributed by atoms with van der Waals surface area (Å²) in [6, 6.07) is 8.49. The molecule has 1 unspecified atom stereocenters. The third-order valence-electron chi connectivity index (χ3n) is 3.79. The number of oxime groups is 1. The number of nitrogens with two attached hydrogens (primary N) is 1. The molecule has 0 spiro atoms. The fourth-order valence-electron chi connectivity index (χ4n) is 2.21. The SMILES string of the molecule is CC(C1CC1)N(C)Cc1ccc(/C(N)=N/O)cc1. The van der Waals surface area contributed by atoms with Gasteiger partial charge in [-0.05, 0) is 38.3 Å². The Hall–Kier alpha value is -1.55. The Bertz CT molecular complexity index is 423. The topological polar surface area (TPSA) is 61.8 Å². The van der Waals surface area contributed by atoms with Gasteiger partial charge in [0.25, 0.3) is 0 Å². The molecule has 1 fully saturated rings. The molecule has 4 nitrogen and oxygen atoms in total. The van der Waals surface area contributed by atoms with Crippen molar-refractivity contribution in [2.24, 2.45) is 16.8 Å². The van der Waals surface area contributed by atoms with Crippen molar-refractivity contribution in [3.05, 3.63) is 35.4 Å². The second kappa shape index (κ2) is 5.40. The van der Waals surface area contributed by atoms with E-state index < -0.39 is 0 Å². The highest BCUT2D eigenvalue weighted by atomic mass is 16.4. The summed E-state index contributed by atoms with van der Waals surface area (Å²) >= 11 is 0. The third kappa shape index (κ3) is 3.01. The maximum atomic E-state index is 8.60. The van der Waals surface area contributed by atoms with Crippen molar-refractivity contribution in [1.82, 2.24) is 4.90 Å². The first-order valence-corrected chi connectivity index (χ1v) is 6.39. The second-order valence-corrected chi connectivity index (χ2v) is 5.18. The summed E-state index contributed by atoms with van der Waals surface area (Å²) in [6.07, 6.45) is 2.74. The van der Waals surface area contributed by atoms with Gasteiger partial charge in [-0.2, -0.15) is 0 Å². The monoisotopic (exact) mass is 247 g/mol. The molecule has 1 aliphatic rings. The molecular weight excluding hydrogens is 226 g/mol. The fraction of sp³-hybridized carbons (Fsp3) is 0.500. The molecule has 0 bridgehead atoms. The summed E-state index contributed by atoms with van der Waals surface area (Å²) in [5, 5.41) is 11.6. The minimum Gasteiger partial charge on any atom is -0.409 e. The van der Waals surface area contributed by atoms with Crippen molar-refractivity contribution < 1.29 is 5.21 Å². The molecule has 1 aliphatic carbocycles. The number of hydrogen-bond donors (Lipinski definition) is 2. The maximum absolute atomic E-state index is 8.60. The lowest BCUT2D eigenvalue weighted by atomic mass is 10.1. The van der Waals surface area contributed by atoms with Gasteiger partial charge in [-0.15, -0.1) is 0 Å². The molecule has 1 aromatic carbocycles. The van der Waals surface area contributed by atoms with Crippen LogP contribution in [0.15, 0.2) is 29.4 Å². The summed E-state index contributed by atoms with van der Waals surface area (Å²) < 4.78 is 0. The van der Waals surface area contributed by atoms with Gasteiger partial charge >= 0.3 is 0 Å². The van der Waals surface area contributed by atoms with Crippen LogP contribution < -0.4 is 5.73 Å². The van der Waals surface area contributed by atoms with Crippen molar-refractivity contribution in [3.8, 4) is 0 Å². The third-order valence-corrected chi connectivity index (χ3v) is 3.79. The maximum Gasteiger partial charge on any atom is 0.170 e. The number of rotatable bonds is 5. The molecule has 1 saturated carbocycles. The molecule has 0 radical (unpaired) electrons. The van der Waals surface area contributed by atoms with Crippen LogP contribution in [0, 0.1) is 5.92 Å². The van der Waals surface area contributed by atoms with Crippen molar-refractivity contribution >= 4 is 5.84 Å². The summed E-state index contributed by atoms with van der Waals surface area (Å²) in [7, 11) is 2.17. The highest BCUT2D eigenvalue weighted by Crippen LogP contribution is 2.35. The van der Waals surface area contributed by atoms with E-state index in [1.165, 1.54) is 18.4 Å². The molecule has 4 heteroatoms. The van der Waals surface area contributed by atoms with E-state index in [0.29, 0.717) is 6.04 Å². The quantitative estimate of drug-likeness (QED) is 0.362. The molecule has 3 N–H and O–H groups in total. The predicted octanol–water partition coefficient (Wildman–Crippen LogP) is 2.01. The van der Waals surface area contributed by atoms with E-state index in [2.05, 4.69) is 24.0 Å². The van der Waals surface area contributed by atoms with Crippen LogP contribution in [0.25, 0.3) is 0 Å². The predicted molar refractivity (Wildman–Crippen MR) is 72.6 cm³/mol. The zero-order valence-electron chi connectivity index (χ0n) is 11.0. The molecule has 1 atom stereocenters. The van der Waals surface area contributed by atoms with Gasteiger partial charge in [0, 0.05) is 18.2 Å². The number of benzene rings is 1. The molecule has 98 valence electrons. The van der Waals surface area contributed by atoms with Crippen LogP contribution >= 0.6 is 0 Å². The average Bonchev–Trinajstić information content (AvgIpc) is 3.22. The number of hydrogen-bond acceptors (Lipinski definition) is 3. The van der Waals surface area contributed by atoms with Crippen molar-refractivity contribution in [1.29, 1.82) is 0 Å². The van der Waals surface area contributed by atoms with Crippen molar-refractivity contribution in [3.63, 3.8) is 0 Å². The van der Waals surface area contributed by atoms with Crippen LogP contribution in [-0.2, 0) is 6.54 Å². The Kier molecular flexibility index (Phi) is 3.87. The molecule has 0 aliphatic heterocycles. The zero-order valence-corrected chi connectivity index (χ0v) is 11.0. The standard InChI is InChI=1S/C14H21N3O/c1-10(12-7-8-12)17(2)9-11-3-5-13(6-4-11)14(15)16-18/h3-6,10,12,18H,7-9H2,1-2H3,(H2,15,16). The summed E-state index contributed by atoms with van der Waals surface area (Å²) in [4.78, 5) is 2.39. The largest absolute Gasteiger partial charge is 0.409 e. The minimum atomic E-state index is 0.154. The zero-order chi connectivity index (χ0) is 13.1. The van der Waals surface area contributed by atoms with E-state index in [-0.39, 0.29) is 5.84 Å². The van der Waals surface area contributed by atoms with E-state index in [0.717, 1.165) is 18.0 Å². The first-order valence-electron chi connectivity index (χ1n) is 6.39. The molecule has 0 saturated heterocycles. The molecule has 0 aromatic heterocycles. The molecule has 18 heavy (non-hydrogen) atoms. The van der Waals surface area contributed by atoms with Crippen LogP contribution in [-0.4, -0.2) is 29.0 Å². The van der Waals surface area contributed by atoms with Crippen LogP contribution in [0.3, 0.4) is 0 Å². The second-order valence-electron chi connectivity index (χ2n) is 5.18. The van der Waals surface area contributed by atoms with Crippen LogP contribution in [0.5, 0.6) is 0 Å². The van der Waals surface area contributed by atoms with E-state index in [9.17, 15) is 0 Å². The Morgan fingerprint density at radius 1 is 1.44 bits per heavy atom.